The normalized spacial score (nSPS) is 17.8. The van der Waals surface area contributed by atoms with Crippen LogP contribution >= 0.6 is 11.3 Å². The molecule has 1 aromatic carbocycles. The summed E-state index contributed by atoms with van der Waals surface area (Å²) in [5.74, 6) is 0. The number of benzene rings is 1. The summed E-state index contributed by atoms with van der Waals surface area (Å²) in [5, 5.41) is 6.30. The summed E-state index contributed by atoms with van der Waals surface area (Å²) in [7, 11) is -3.65. The first-order valence-corrected chi connectivity index (χ1v) is 9.47. The standard InChI is InChI=1S/C15H19N3O2S2/c1-9-6-12-7-13(22(16,19)20)4-5-14(12)18(9)8-15-17-10(2)11(3)21-15/h4-5,7,9H,6,8H2,1-3H3,(H2,16,19,20)/t9-/m0/s1. The van der Waals surface area contributed by atoms with E-state index in [1.165, 1.54) is 4.88 Å². The molecule has 1 atom stereocenters. The van der Waals surface area contributed by atoms with Crippen molar-refractivity contribution in [2.24, 2.45) is 5.14 Å². The van der Waals surface area contributed by atoms with Gasteiger partial charge in [0.05, 0.1) is 17.1 Å². The van der Waals surface area contributed by atoms with E-state index < -0.39 is 10.0 Å². The number of hydrogen-bond acceptors (Lipinski definition) is 5. The number of nitrogens with zero attached hydrogens (tertiary/aromatic N) is 2. The van der Waals surface area contributed by atoms with Crippen LogP contribution in [0.25, 0.3) is 0 Å². The molecule has 0 radical (unpaired) electrons. The summed E-state index contributed by atoms with van der Waals surface area (Å²) in [6.07, 6.45) is 0.821. The Morgan fingerprint density at radius 2 is 2.14 bits per heavy atom. The topological polar surface area (TPSA) is 76.3 Å². The van der Waals surface area contributed by atoms with Gasteiger partial charge in [0, 0.05) is 16.6 Å². The number of rotatable bonds is 3. The first-order chi connectivity index (χ1) is 10.3. The molecule has 0 aliphatic carbocycles. The van der Waals surface area contributed by atoms with Gasteiger partial charge in [-0.15, -0.1) is 11.3 Å². The van der Waals surface area contributed by atoms with E-state index in [9.17, 15) is 8.42 Å². The molecule has 2 N–H and O–H groups in total. The highest BCUT2D eigenvalue weighted by atomic mass is 32.2. The lowest BCUT2D eigenvalue weighted by molar-refractivity contribution is 0.597. The van der Waals surface area contributed by atoms with Crippen LogP contribution in [0.1, 0.15) is 28.1 Å². The highest BCUT2D eigenvalue weighted by Gasteiger charge is 2.28. The van der Waals surface area contributed by atoms with E-state index in [-0.39, 0.29) is 4.90 Å². The number of anilines is 1. The maximum absolute atomic E-state index is 11.5. The van der Waals surface area contributed by atoms with Gasteiger partial charge in [-0.1, -0.05) is 0 Å². The van der Waals surface area contributed by atoms with Crippen molar-refractivity contribution in [2.45, 2.75) is 44.7 Å². The number of primary sulfonamides is 1. The second kappa shape index (κ2) is 5.33. The molecular formula is C15H19N3O2S2. The maximum atomic E-state index is 11.5. The fourth-order valence-corrected chi connectivity index (χ4v) is 4.34. The zero-order valence-corrected chi connectivity index (χ0v) is 14.5. The molecular weight excluding hydrogens is 318 g/mol. The fourth-order valence-electron chi connectivity index (χ4n) is 2.84. The second-order valence-electron chi connectivity index (χ2n) is 5.77. The minimum Gasteiger partial charge on any atom is -0.362 e. The van der Waals surface area contributed by atoms with Gasteiger partial charge in [-0.2, -0.15) is 0 Å². The molecule has 0 fully saturated rings. The van der Waals surface area contributed by atoms with E-state index >= 15 is 0 Å². The molecule has 118 valence electrons. The van der Waals surface area contributed by atoms with Crippen LogP contribution in [0.2, 0.25) is 0 Å². The maximum Gasteiger partial charge on any atom is 0.238 e. The number of nitrogens with two attached hydrogens (primary N) is 1. The van der Waals surface area contributed by atoms with Crippen LogP contribution in [0.5, 0.6) is 0 Å². The minimum absolute atomic E-state index is 0.182. The summed E-state index contributed by atoms with van der Waals surface area (Å²) in [5.41, 5.74) is 3.19. The molecule has 1 aliphatic heterocycles. The van der Waals surface area contributed by atoms with Gasteiger partial charge in [0.1, 0.15) is 5.01 Å². The van der Waals surface area contributed by atoms with E-state index in [1.807, 2.05) is 13.0 Å². The van der Waals surface area contributed by atoms with Crippen molar-refractivity contribution < 1.29 is 8.42 Å². The highest BCUT2D eigenvalue weighted by molar-refractivity contribution is 7.89. The zero-order valence-electron chi connectivity index (χ0n) is 12.8. The van der Waals surface area contributed by atoms with E-state index in [0.717, 1.165) is 34.9 Å². The highest BCUT2D eigenvalue weighted by Crippen LogP contribution is 2.35. The van der Waals surface area contributed by atoms with Crippen LogP contribution in [-0.4, -0.2) is 19.4 Å². The van der Waals surface area contributed by atoms with E-state index in [4.69, 9.17) is 5.14 Å². The molecule has 0 spiro atoms. The number of hydrogen-bond donors (Lipinski definition) is 1. The smallest absolute Gasteiger partial charge is 0.238 e. The van der Waals surface area contributed by atoms with Gasteiger partial charge in [-0.05, 0) is 51.0 Å². The average Bonchev–Trinajstić information content (AvgIpc) is 2.89. The van der Waals surface area contributed by atoms with Crippen molar-refractivity contribution in [1.82, 2.24) is 4.98 Å². The number of sulfonamides is 1. The van der Waals surface area contributed by atoms with Gasteiger partial charge in [0.15, 0.2) is 0 Å². The SMILES string of the molecule is Cc1nc(CN2c3ccc(S(N)(=O)=O)cc3C[C@@H]2C)sc1C. The van der Waals surface area contributed by atoms with Crippen molar-refractivity contribution >= 4 is 27.0 Å². The molecule has 0 bridgehead atoms. The van der Waals surface area contributed by atoms with Crippen LogP contribution in [0.3, 0.4) is 0 Å². The number of aromatic nitrogens is 1. The van der Waals surface area contributed by atoms with Crippen LogP contribution < -0.4 is 10.0 Å². The molecule has 3 rings (SSSR count). The van der Waals surface area contributed by atoms with Crippen molar-refractivity contribution in [3.8, 4) is 0 Å². The molecule has 2 heterocycles. The summed E-state index contributed by atoms with van der Waals surface area (Å²) < 4.78 is 23.0. The Labute approximate surface area is 134 Å². The molecule has 0 saturated heterocycles. The number of aryl methyl sites for hydroxylation is 2. The van der Waals surface area contributed by atoms with Gasteiger partial charge in [-0.25, -0.2) is 18.5 Å². The molecule has 5 nitrogen and oxygen atoms in total. The molecule has 1 aromatic heterocycles. The Hall–Kier alpha value is -1.44. The molecule has 2 aromatic rings. The fraction of sp³-hybridized carbons (Fsp3) is 0.400. The summed E-state index contributed by atoms with van der Waals surface area (Å²) >= 11 is 1.72. The number of thiazole rings is 1. The van der Waals surface area contributed by atoms with Crippen LogP contribution in [0, 0.1) is 13.8 Å². The van der Waals surface area contributed by atoms with Crippen molar-refractivity contribution in [2.75, 3.05) is 4.90 Å². The minimum atomic E-state index is -3.65. The molecule has 0 unspecified atom stereocenters. The lowest BCUT2D eigenvalue weighted by Gasteiger charge is -2.23. The third-order valence-electron chi connectivity index (χ3n) is 4.11. The Morgan fingerprint density at radius 3 is 2.73 bits per heavy atom. The van der Waals surface area contributed by atoms with Crippen molar-refractivity contribution in [3.05, 3.63) is 39.3 Å². The Morgan fingerprint density at radius 1 is 1.41 bits per heavy atom. The summed E-state index contributed by atoms with van der Waals surface area (Å²) in [6, 6.07) is 5.44. The lowest BCUT2D eigenvalue weighted by Crippen LogP contribution is -2.28. The average molecular weight is 337 g/mol. The van der Waals surface area contributed by atoms with E-state index in [2.05, 4.69) is 23.7 Å². The lowest BCUT2D eigenvalue weighted by atomic mass is 10.1. The van der Waals surface area contributed by atoms with Crippen LogP contribution in [0.15, 0.2) is 23.1 Å². The van der Waals surface area contributed by atoms with Crippen molar-refractivity contribution in [1.29, 1.82) is 0 Å². The van der Waals surface area contributed by atoms with Crippen LogP contribution in [-0.2, 0) is 23.0 Å². The number of fused-ring (bicyclic) bond motifs is 1. The monoisotopic (exact) mass is 337 g/mol. The second-order valence-corrected chi connectivity index (χ2v) is 8.61. The molecule has 7 heteroatoms. The van der Waals surface area contributed by atoms with E-state index in [1.54, 1.807) is 23.5 Å². The van der Waals surface area contributed by atoms with Gasteiger partial charge in [0.25, 0.3) is 0 Å². The Kier molecular flexibility index (Phi) is 3.74. The Balaban J connectivity index is 1.93. The van der Waals surface area contributed by atoms with Gasteiger partial charge in [0.2, 0.25) is 10.0 Å². The van der Waals surface area contributed by atoms with E-state index in [0.29, 0.717) is 6.04 Å². The van der Waals surface area contributed by atoms with Gasteiger partial charge in [-0.3, -0.25) is 0 Å². The zero-order chi connectivity index (χ0) is 16.1. The Bertz CT molecular complexity index is 808. The molecule has 0 saturated carbocycles. The predicted octanol–water partition coefficient (Wildman–Crippen LogP) is 2.36. The first kappa shape index (κ1) is 15.5. The van der Waals surface area contributed by atoms with Gasteiger partial charge < -0.3 is 4.90 Å². The van der Waals surface area contributed by atoms with Gasteiger partial charge >= 0.3 is 0 Å². The molecule has 0 amide bonds. The third-order valence-corrected chi connectivity index (χ3v) is 6.08. The molecule has 1 aliphatic rings. The summed E-state index contributed by atoms with van der Waals surface area (Å²) in [6.45, 7) is 7.00. The predicted molar refractivity (Wildman–Crippen MR) is 88.8 cm³/mol. The first-order valence-electron chi connectivity index (χ1n) is 7.11. The molecule has 22 heavy (non-hydrogen) atoms. The largest absolute Gasteiger partial charge is 0.362 e. The van der Waals surface area contributed by atoms with Crippen LogP contribution in [0.4, 0.5) is 5.69 Å². The quantitative estimate of drug-likeness (QED) is 0.933. The third kappa shape index (κ3) is 2.76. The summed E-state index contributed by atoms with van der Waals surface area (Å²) in [4.78, 5) is 8.30. The van der Waals surface area contributed by atoms with Crippen molar-refractivity contribution in [3.63, 3.8) is 0 Å².